The van der Waals surface area contributed by atoms with E-state index in [1.807, 2.05) is 0 Å². The fraction of sp³-hybridized carbons (Fsp3) is 1.00. The van der Waals surface area contributed by atoms with Gasteiger partial charge in [0.25, 0.3) is 0 Å². The summed E-state index contributed by atoms with van der Waals surface area (Å²) in [6.07, 6.45) is 11.9. The number of rotatable bonds is 6. The highest BCUT2D eigenvalue weighted by molar-refractivity contribution is 4.74. The molecule has 1 fully saturated rings. The first-order valence-electron chi connectivity index (χ1n) is 7.59. The molecule has 0 heterocycles. The van der Waals surface area contributed by atoms with Gasteiger partial charge in [-0.1, -0.05) is 66.2 Å². The van der Waals surface area contributed by atoms with Crippen molar-refractivity contribution in [3.05, 3.63) is 0 Å². The fourth-order valence-electron chi connectivity index (χ4n) is 3.13. The summed E-state index contributed by atoms with van der Waals surface area (Å²) in [5, 5.41) is 0. The average molecular weight is 224 g/mol. The molecule has 0 bridgehead atoms. The molecule has 0 amide bonds. The first-order chi connectivity index (χ1) is 7.59. The molecule has 0 spiro atoms. The summed E-state index contributed by atoms with van der Waals surface area (Å²) in [6, 6.07) is 0. The lowest BCUT2D eigenvalue weighted by Gasteiger charge is -2.30. The molecule has 0 saturated heterocycles. The second-order valence-electron chi connectivity index (χ2n) is 6.70. The Balaban J connectivity index is 2.04. The van der Waals surface area contributed by atoms with Gasteiger partial charge in [0.15, 0.2) is 0 Å². The monoisotopic (exact) mass is 224 g/mol. The summed E-state index contributed by atoms with van der Waals surface area (Å²) in [5.41, 5.74) is 0. The van der Waals surface area contributed by atoms with Crippen molar-refractivity contribution in [1.82, 2.24) is 0 Å². The molecule has 16 heavy (non-hydrogen) atoms. The van der Waals surface area contributed by atoms with Gasteiger partial charge in [-0.25, -0.2) is 0 Å². The lowest BCUT2D eigenvalue weighted by atomic mass is 9.75. The van der Waals surface area contributed by atoms with Gasteiger partial charge in [0, 0.05) is 0 Å². The zero-order valence-corrected chi connectivity index (χ0v) is 12.0. The van der Waals surface area contributed by atoms with Crippen LogP contribution in [-0.2, 0) is 0 Å². The normalized spacial score (nSPS) is 26.6. The summed E-state index contributed by atoms with van der Waals surface area (Å²) in [4.78, 5) is 0. The SMILES string of the molecule is CC(C)CCCCC1CCC(C(C)C)CC1. The lowest BCUT2D eigenvalue weighted by Crippen LogP contribution is -2.18. The van der Waals surface area contributed by atoms with Gasteiger partial charge in [0.2, 0.25) is 0 Å². The van der Waals surface area contributed by atoms with Crippen molar-refractivity contribution >= 4 is 0 Å². The third kappa shape index (κ3) is 5.37. The zero-order chi connectivity index (χ0) is 12.0. The Kier molecular flexibility index (Phi) is 6.46. The van der Waals surface area contributed by atoms with Crippen molar-refractivity contribution in [2.24, 2.45) is 23.7 Å². The van der Waals surface area contributed by atoms with E-state index < -0.39 is 0 Å². The standard InChI is InChI=1S/C16H32/c1-13(2)7-5-6-8-15-9-11-16(12-10-15)14(3)4/h13-16H,5-12H2,1-4H3. The summed E-state index contributed by atoms with van der Waals surface area (Å²) in [7, 11) is 0. The predicted molar refractivity (Wildman–Crippen MR) is 73.6 cm³/mol. The van der Waals surface area contributed by atoms with Crippen molar-refractivity contribution in [3.8, 4) is 0 Å². The van der Waals surface area contributed by atoms with Crippen LogP contribution >= 0.6 is 0 Å². The topological polar surface area (TPSA) is 0 Å². The van der Waals surface area contributed by atoms with Gasteiger partial charge in [-0.05, 0) is 36.5 Å². The molecule has 0 atom stereocenters. The summed E-state index contributed by atoms with van der Waals surface area (Å²) in [6.45, 7) is 9.48. The van der Waals surface area contributed by atoms with Crippen molar-refractivity contribution in [2.45, 2.75) is 79.1 Å². The molecule has 0 aromatic carbocycles. The molecule has 1 aliphatic rings. The lowest BCUT2D eigenvalue weighted by molar-refractivity contribution is 0.213. The minimum absolute atomic E-state index is 0.900. The first kappa shape index (κ1) is 14.1. The van der Waals surface area contributed by atoms with Gasteiger partial charge in [-0.15, -0.1) is 0 Å². The van der Waals surface area contributed by atoms with E-state index in [0.29, 0.717) is 0 Å². The summed E-state index contributed by atoms with van der Waals surface area (Å²) in [5.74, 6) is 3.92. The zero-order valence-electron chi connectivity index (χ0n) is 12.0. The van der Waals surface area contributed by atoms with E-state index >= 15 is 0 Å². The van der Waals surface area contributed by atoms with E-state index in [1.165, 1.54) is 51.4 Å². The van der Waals surface area contributed by atoms with Crippen molar-refractivity contribution in [1.29, 1.82) is 0 Å². The molecule has 0 aromatic heterocycles. The fourth-order valence-corrected chi connectivity index (χ4v) is 3.13. The molecule has 96 valence electrons. The van der Waals surface area contributed by atoms with E-state index in [0.717, 1.165) is 23.7 Å². The molecular weight excluding hydrogens is 192 g/mol. The van der Waals surface area contributed by atoms with Crippen LogP contribution in [0.2, 0.25) is 0 Å². The Bertz CT molecular complexity index is 161. The minimum Gasteiger partial charge on any atom is -0.0628 e. The maximum Gasteiger partial charge on any atom is -0.0391 e. The van der Waals surface area contributed by atoms with E-state index in [9.17, 15) is 0 Å². The van der Waals surface area contributed by atoms with Crippen LogP contribution < -0.4 is 0 Å². The predicted octanol–water partition coefficient (Wildman–Crippen LogP) is 5.67. The second-order valence-corrected chi connectivity index (χ2v) is 6.70. The molecule has 0 heteroatoms. The highest BCUT2D eigenvalue weighted by Gasteiger charge is 2.22. The van der Waals surface area contributed by atoms with Gasteiger partial charge in [-0.3, -0.25) is 0 Å². The molecule has 0 radical (unpaired) electrons. The van der Waals surface area contributed by atoms with E-state index in [4.69, 9.17) is 0 Å². The van der Waals surface area contributed by atoms with Crippen LogP contribution in [0, 0.1) is 23.7 Å². The average Bonchev–Trinajstić information content (AvgIpc) is 2.25. The van der Waals surface area contributed by atoms with E-state index in [-0.39, 0.29) is 0 Å². The van der Waals surface area contributed by atoms with Crippen LogP contribution in [0.4, 0.5) is 0 Å². The van der Waals surface area contributed by atoms with Crippen molar-refractivity contribution < 1.29 is 0 Å². The molecular formula is C16H32. The number of hydrogen-bond donors (Lipinski definition) is 0. The Morgan fingerprint density at radius 3 is 2.00 bits per heavy atom. The smallest absolute Gasteiger partial charge is 0.0391 e. The summed E-state index contributed by atoms with van der Waals surface area (Å²) >= 11 is 0. The second kappa shape index (κ2) is 7.35. The van der Waals surface area contributed by atoms with Gasteiger partial charge in [-0.2, -0.15) is 0 Å². The molecule has 1 rings (SSSR count). The quantitative estimate of drug-likeness (QED) is 0.510. The Labute approximate surface area is 103 Å². The minimum atomic E-state index is 0.900. The third-order valence-corrected chi connectivity index (χ3v) is 4.48. The number of hydrogen-bond acceptors (Lipinski definition) is 0. The van der Waals surface area contributed by atoms with Crippen molar-refractivity contribution in [3.63, 3.8) is 0 Å². The molecule has 1 saturated carbocycles. The first-order valence-corrected chi connectivity index (χ1v) is 7.59. The maximum absolute atomic E-state index is 2.40. The van der Waals surface area contributed by atoms with Crippen LogP contribution in [-0.4, -0.2) is 0 Å². The molecule has 0 unspecified atom stereocenters. The van der Waals surface area contributed by atoms with Crippen LogP contribution in [0.25, 0.3) is 0 Å². The third-order valence-electron chi connectivity index (χ3n) is 4.48. The Morgan fingerprint density at radius 1 is 0.875 bits per heavy atom. The van der Waals surface area contributed by atoms with Gasteiger partial charge >= 0.3 is 0 Å². The van der Waals surface area contributed by atoms with Crippen LogP contribution in [0.3, 0.4) is 0 Å². The molecule has 0 N–H and O–H groups in total. The number of unbranched alkanes of at least 4 members (excludes halogenated alkanes) is 1. The summed E-state index contributed by atoms with van der Waals surface area (Å²) < 4.78 is 0. The molecule has 0 aliphatic heterocycles. The molecule has 0 nitrogen and oxygen atoms in total. The van der Waals surface area contributed by atoms with Gasteiger partial charge in [0.1, 0.15) is 0 Å². The van der Waals surface area contributed by atoms with Crippen LogP contribution in [0.5, 0.6) is 0 Å². The Hall–Kier alpha value is 0. The molecule has 1 aliphatic carbocycles. The van der Waals surface area contributed by atoms with Crippen LogP contribution in [0.1, 0.15) is 79.1 Å². The molecule has 0 aromatic rings. The van der Waals surface area contributed by atoms with Crippen LogP contribution in [0.15, 0.2) is 0 Å². The van der Waals surface area contributed by atoms with Crippen molar-refractivity contribution in [2.75, 3.05) is 0 Å². The maximum atomic E-state index is 2.40. The Morgan fingerprint density at radius 2 is 1.50 bits per heavy atom. The largest absolute Gasteiger partial charge is 0.0628 e. The highest BCUT2D eigenvalue weighted by Crippen LogP contribution is 2.35. The van der Waals surface area contributed by atoms with Gasteiger partial charge in [0.05, 0.1) is 0 Å². The van der Waals surface area contributed by atoms with E-state index in [2.05, 4.69) is 27.7 Å². The highest BCUT2D eigenvalue weighted by atomic mass is 14.3. The van der Waals surface area contributed by atoms with E-state index in [1.54, 1.807) is 0 Å². The van der Waals surface area contributed by atoms with Gasteiger partial charge < -0.3 is 0 Å².